The van der Waals surface area contributed by atoms with E-state index in [0.717, 1.165) is 11.3 Å². The first-order valence-electron chi connectivity index (χ1n) is 5.03. The Balaban J connectivity index is 1.97. The van der Waals surface area contributed by atoms with E-state index in [1.165, 1.54) is 0 Å². The lowest BCUT2D eigenvalue weighted by atomic mass is 10.3. The quantitative estimate of drug-likeness (QED) is 0.816. The number of furan rings is 1. The third-order valence-corrected chi connectivity index (χ3v) is 2.29. The van der Waals surface area contributed by atoms with Crippen LogP contribution in [0.15, 0.2) is 16.7 Å². The molecule has 0 unspecified atom stereocenters. The van der Waals surface area contributed by atoms with Gasteiger partial charge >= 0.3 is 0 Å². The molecule has 0 fully saturated rings. The summed E-state index contributed by atoms with van der Waals surface area (Å²) >= 11 is 0. The van der Waals surface area contributed by atoms with E-state index in [4.69, 9.17) is 4.42 Å². The molecule has 0 saturated heterocycles. The lowest BCUT2D eigenvalue weighted by molar-refractivity contribution is 0.530. The molecule has 2 aromatic heterocycles. The van der Waals surface area contributed by atoms with Gasteiger partial charge < -0.3 is 14.6 Å². The number of anilines is 2. The van der Waals surface area contributed by atoms with Crippen LogP contribution in [-0.2, 0) is 6.54 Å². The smallest absolute Gasteiger partial charge is 0.245 e. The molecular formula is C10H15N5O. The molecule has 0 aliphatic rings. The van der Waals surface area contributed by atoms with Crippen molar-refractivity contribution in [3.63, 3.8) is 0 Å². The highest BCUT2D eigenvalue weighted by Crippen LogP contribution is 2.11. The Bertz CT molecular complexity index is 459. The van der Waals surface area contributed by atoms with Crippen molar-refractivity contribution in [3.05, 3.63) is 23.7 Å². The molecule has 0 aromatic carbocycles. The molecule has 16 heavy (non-hydrogen) atoms. The van der Waals surface area contributed by atoms with Crippen molar-refractivity contribution >= 4 is 11.9 Å². The third-order valence-electron chi connectivity index (χ3n) is 2.29. The van der Waals surface area contributed by atoms with Gasteiger partial charge in [-0.15, -0.1) is 5.10 Å². The molecule has 6 nitrogen and oxygen atoms in total. The maximum Gasteiger partial charge on any atom is 0.245 e. The minimum absolute atomic E-state index is 0.657. The van der Waals surface area contributed by atoms with E-state index >= 15 is 0 Å². The van der Waals surface area contributed by atoms with E-state index in [2.05, 4.69) is 20.5 Å². The molecule has 0 spiro atoms. The molecule has 2 N–H and O–H groups in total. The molecular weight excluding hydrogens is 206 g/mol. The SMILES string of the molecule is Cc1occc1CNc1nc(N(C)C)n[nH]1. The Morgan fingerprint density at radius 3 is 2.88 bits per heavy atom. The Labute approximate surface area is 93.7 Å². The molecule has 0 radical (unpaired) electrons. The summed E-state index contributed by atoms with van der Waals surface area (Å²) in [7, 11) is 3.79. The fraction of sp³-hybridized carbons (Fsp3) is 0.400. The molecule has 0 amide bonds. The van der Waals surface area contributed by atoms with Crippen LogP contribution in [0.25, 0.3) is 0 Å². The molecule has 0 saturated carbocycles. The standard InChI is InChI=1S/C10H15N5O/c1-7-8(4-5-16-7)6-11-9-12-10(14-13-9)15(2)3/h4-5H,6H2,1-3H3,(H2,11,12,13,14). The van der Waals surface area contributed by atoms with E-state index in [0.29, 0.717) is 18.4 Å². The normalized spacial score (nSPS) is 10.4. The fourth-order valence-corrected chi connectivity index (χ4v) is 1.31. The van der Waals surface area contributed by atoms with Gasteiger partial charge in [-0.2, -0.15) is 4.98 Å². The molecule has 6 heteroatoms. The fourth-order valence-electron chi connectivity index (χ4n) is 1.31. The van der Waals surface area contributed by atoms with Crippen LogP contribution in [0.5, 0.6) is 0 Å². The van der Waals surface area contributed by atoms with Crippen molar-refractivity contribution in [2.45, 2.75) is 13.5 Å². The lowest BCUT2D eigenvalue weighted by Crippen LogP contribution is -2.10. The number of rotatable bonds is 4. The summed E-state index contributed by atoms with van der Waals surface area (Å²) in [6.45, 7) is 2.60. The first-order chi connectivity index (χ1) is 7.66. The minimum atomic E-state index is 0.657. The maximum atomic E-state index is 5.20. The van der Waals surface area contributed by atoms with Gasteiger partial charge in [0.05, 0.1) is 6.26 Å². The van der Waals surface area contributed by atoms with Crippen LogP contribution in [0.3, 0.4) is 0 Å². The van der Waals surface area contributed by atoms with E-state index in [-0.39, 0.29) is 0 Å². The van der Waals surface area contributed by atoms with Gasteiger partial charge in [0.25, 0.3) is 0 Å². The first kappa shape index (κ1) is 10.5. The third kappa shape index (κ3) is 2.16. The summed E-state index contributed by atoms with van der Waals surface area (Å²) in [6, 6.07) is 1.94. The number of nitrogens with one attached hydrogen (secondary N) is 2. The average molecular weight is 221 g/mol. The Hall–Kier alpha value is -1.98. The monoisotopic (exact) mass is 221 g/mol. The van der Waals surface area contributed by atoms with E-state index < -0.39 is 0 Å². The molecule has 86 valence electrons. The number of hydrogen-bond donors (Lipinski definition) is 2. The number of aromatic amines is 1. The van der Waals surface area contributed by atoms with Gasteiger partial charge in [-0.1, -0.05) is 0 Å². The zero-order valence-corrected chi connectivity index (χ0v) is 9.61. The van der Waals surface area contributed by atoms with Gasteiger partial charge in [-0.05, 0) is 13.0 Å². The molecule has 0 bridgehead atoms. The summed E-state index contributed by atoms with van der Waals surface area (Å²) in [6.07, 6.45) is 1.68. The van der Waals surface area contributed by atoms with Crippen molar-refractivity contribution in [2.75, 3.05) is 24.3 Å². The van der Waals surface area contributed by atoms with Gasteiger partial charge in [-0.3, -0.25) is 0 Å². The highest BCUT2D eigenvalue weighted by molar-refractivity contribution is 5.35. The van der Waals surface area contributed by atoms with E-state index in [1.54, 1.807) is 6.26 Å². The Morgan fingerprint density at radius 2 is 2.31 bits per heavy atom. The predicted molar refractivity (Wildman–Crippen MR) is 61.5 cm³/mol. The predicted octanol–water partition coefficient (Wildman–Crippen LogP) is 1.38. The molecule has 0 aliphatic carbocycles. The number of nitrogens with zero attached hydrogens (tertiary/aromatic N) is 3. The van der Waals surface area contributed by atoms with Crippen LogP contribution in [0.1, 0.15) is 11.3 Å². The summed E-state index contributed by atoms with van der Waals surface area (Å²) in [4.78, 5) is 6.09. The Kier molecular flexibility index (Phi) is 2.80. The van der Waals surface area contributed by atoms with E-state index in [1.807, 2.05) is 32.0 Å². The van der Waals surface area contributed by atoms with Crippen LogP contribution in [0.2, 0.25) is 0 Å². The lowest BCUT2D eigenvalue weighted by Gasteiger charge is -2.04. The van der Waals surface area contributed by atoms with E-state index in [9.17, 15) is 0 Å². The molecule has 2 rings (SSSR count). The minimum Gasteiger partial charge on any atom is -0.469 e. The summed E-state index contributed by atoms with van der Waals surface area (Å²) in [5.74, 6) is 2.23. The van der Waals surface area contributed by atoms with Crippen molar-refractivity contribution in [3.8, 4) is 0 Å². The van der Waals surface area contributed by atoms with Crippen LogP contribution in [0.4, 0.5) is 11.9 Å². The summed E-state index contributed by atoms with van der Waals surface area (Å²) in [5, 5.41) is 10.0. The van der Waals surface area contributed by atoms with Gasteiger partial charge in [0.1, 0.15) is 5.76 Å². The zero-order valence-electron chi connectivity index (χ0n) is 9.61. The zero-order chi connectivity index (χ0) is 11.5. The number of H-pyrrole nitrogens is 1. The Morgan fingerprint density at radius 1 is 1.50 bits per heavy atom. The molecule has 2 heterocycles. The number of aryl methyl sites for hydroxylation is 1. The second-order valence-corrected chi connectivity index (χ2v) is 3.73. The van der Waals surface area contributed by atoms with Crippen LogP contribution in [-0.4, -0.2) is 29.3 Å². The largest absolute Gasteiger partial charge is 0.469 e. The van der Waals surface area contributed by atoms with Crippen molar-refractivity contribution in [2.24, 2.45) is 0 Å². The van der Waals surface area contributed by atoms with Crippen molar-refractivity contribution in [1.82, 2.24) is 15.2 Å². The molecule has 0 atom stereocenters. The number of hydrogen-bond acceptors (Lipinski definition) is 5. The molecule has 0 aliphatic heterocycles. The number of aromatic nitrogens is 3. The van der Waals surface area contributed by atoms with Gasteiger partial charge in [0.2, 0.25) is 11.9 Å². The molecule has 2 aromatic rings. The topological polar surface area (TPSA) is 70.0 Å². The van der Waals surface area contributed by atoms with Crippen LogP contribution >= 0.6 is 0 Å². The van der Waals surface area contributed by atoms with Gasteiger partial charge in [0.15, 0.2) is 0 Å². The highest BCUT2D eigenvalue weighted by atomic mass is 16.3. The average Bonchev–Trinajstić information content (AvgIpc) is 2.83. The first-order valence-corrected chi connectivity index (χ1v) is 5.03. The summed E-state index contributed by atoms with van der Waals surface area (Å²) in [5.41, 5.74) is 1.11. The van der Waals surface area contributed by atoms with Gasteiger partial charge in [-0.25, -0.2) is 5.10 Å². The second-order valence-electron chi connectivity index (χ2n) is 3.73. The maximum absolute atomic E-state index is 5.20. The summed E-state index contributed by atoms with van der Waals surface area (Å²) < 4.78 is 5.20. The van der Waals surface area contributed by atoms with Crippen LogP contribution in [0, 0.1) is 6.92 Å². The highest BCUT2D eigenvalue weighted by Gasteiger charge is 2.05. The van der Waals surface area contributed by atoms with Crippen molar-refractivity contribution < 1.29 is 4.42 Å². The van der Waals surface area contributed by atoms with Crippen LogP contribution < -0.4 is 10.2 Å². The van der Waals surface area contributed by atoms with Gasteiger partial charge in [0, 0.05) is 26.2 Å². The second kappa shape index (κ2) is 4.26. The van der Waals surface area contributed by atoms with Crippen molar-refractivity contribution in [1.29, 1.82) is 0 Å².